The van der Waals surface area contributed by atoms with Crippen LogP contribution in [0.15, 0.2) is 41.7 Å². The van der Waals surface area contributed by atoms with E-state index in [0.29, 0.717) is 5.69 Å². The Morgan fingerprint density at radius 3 is 2.41 bits per heavy atom. The molecule has 2 aromatic rings. The third-order valence-electron chi connectivity index (χ3n) is 2.36. The summed E-state index contributed by atoms with van der Waals surface area (Å²) >= 11 is 0. The predicted octanol–water partition coefficient (Wildman–Crippen LogP) is 1.33. The molecule has 0 amide bonds. The van der Waals surface area contributed by atoms with E-state index in [1.54, 1.807) is 0 Å². The molecule has 0 saturated carbocycles. The molecular weight excluding hydrogens is 238 g/mol. The summed E-state index contributed by atoms with van der Waals surface area (Å²) in [6.07, 6.45) is 1.52. The molecular formula is C11H13N3O2S. The zero-order valence-electron chi connectivity index (χ0n) is 9.58. The molecule has 0 bridgehead atoms. The smallest absolute Gasteiger partial charge is 0.276 e. The maximum absolute atomic E-state index is 11.8. The number of H-pyrrole nitrogens is 1. The van der Waals surface area contributed by atoms with Gasteiger partial charge in [-0.05, 0) is 5.56 Å². The van der Waals surface area contributed by atoms with E-state index in [9.17, 15) is 8.42 Å². The van der Waals surface area contributed by atoms with Crippen LogP contribution in [-0.4, -0.2) is 36.8 Å². The van der Waals surface area contributed by atoms with Crippen molar-refractivity contribution in [3.05, 3.63) is 36.5 Å². The fraction of sp³-hybridized carbons (Fsp3) is 0.182. The van der Waals surface area contributed by atoms with Gasteiger partial charge in [-0.15, -0.1) is 0 Å². The molecule has 0 aliphatic carbocycles. The summed E-state index contributed by atoms with van der Waals surface area (Å²) in [7, 11) is -0.553. The van der Waals surface area contributed by atoms with Gasteiger partial charge >= 0.3 is 0 Å². The van der Waals surface area contributed by atoms with Gasteiger partial charge in [-0.2, -0.15) is 0 Å². The quantitative estimate of drug-likeness (QED) is 0.894. The second-order valence-corrected chi connectivity index (χ2v) is 5.82. The van der Waals surface area contributed by atoms with E-state index in [0.717, 1.165) is 9.87 Å². The Labute approximate surface area is 100 Å². The van der Waals surface area contributed by atoms with Crippen LogP contribution in [0.2, 0.25) is 0 Å². The van der Waals surface area contributed by atoms with Crippen molar-refractivity contribution >= 4 is 10.0 Å². The van der Waals surface area contributed by atoms with E-state index in [2.05, 4.69) is 9.97 Å². The highest BCUT2D eigenvalue weighted by atomic mass is 32.2. The molecule has 1 aromatic carbocycles. The van der Waals surface area contributed by atoms with E-state index in [4.69, 9.17) is 0 Å². The number of nitrogens with one attached hydrogen (secondary N) is 1. The summed E-state index contributed by atoms with van der Waals surface area (Å²) in [4.78, 5) is 6.71. The van der Waals surface area contributed by atoms with Crippen molar-refractivity contribution in [1.29, 1.82) is 0 Å². The van der Waals surface area contributed by atoms with Crippen LogP contribution in [0.25, 0.3) is 11.3 Å². The Balaban J connectivity index is 2.42. The first kappa shape index (κ1) is 11.8. The van der Waals surface area contributed by atoms with Gasteiger partial charge in [0.15, 0.2) is 0 Å². The lowest BCUT2D eigenvalue weighted by Crippen LogP contribution is -2.23. The maximum atomic E-state index is 11.8. The van der Waals surface area contributed by atoms with Gasteiger partial charge in [0.25, 0.3) is 10.0 Å². The number of imidazole rings is 1. The molecule has 0 atom stereocenters. The zero-order chi connectivity index (χ0) is 12.5. The third kappa shape index (κ3) is 2.22. The molecule has 0 aliphatic heterocycles. The van der Waals surface area contributed by atoms with Crippen molar-refractivity contribution < 1.29 is 8.42 Å². The molecule has 90 valence electrons. The average Bonchev–Trinajstić information content (AvgIpc) is 2.80. The topological polar surface area (TPSA) is 66.1 Å². The Bertz CT molecular complexity index is 603. The van der Waals surface area contributed by atoms with Crippen molar-refractivity contribution in [3.8, 4) is 11.3 Å². The molecule has 0 fully saturated rings. The first-order valence-electron chi connectivity index (χ1n) is 5.05. The van der Waals surface area contributed by atoms with Gasteiger partial charge in [0.1, 0.15) is 0 Å². The first-order valence-corrected chi connectivity index (χ1v) is 6.49. The van der Waals surface area contributed by atoms with Crippen LogP contribution in [0.3, 0.4) is 0 Å². The van der Waals surface area contributed by atoms with Gasteiger partial charge in [0, 0.05) is 14.1 Å². The van der Waals surface area contributed by atoms with Crippen LogP contribution < -0.4 is 0 Å². The first-order chi connectivity index (χ1) is 8.01. The second-order valence-electron chi connectivity index (χ2n) is 3.76. The maximum Gasteiger partial charge on any atom is 0.276 e. The molecule has 6 heteroatoms. The van der Waals surface area contributed by atoms with Crippen molar-refractivity contribution in [2.24, 2.45) is 0 Å². The summed E-state index contributed by atoms with van der Waals surface area (Å²) in [6.45, 7) is 0. The summed E-state index contributed by atoms with van der Waals surface area (Å²) in [5.74, 6) is 0. The summed E-state index contributed by atoms with van der Waals surface area (Å²) < 4.78 is 24.7. The van der Waals surface area contributed by atoms with E-state index in [1.165, 1.54) is 20.3 Å². The number of rotatable bonds is 3. The van der Waals surface area contributed by atoms with Gasteiger partial charge in [-0.1, -0.05) is 30.3 Å². The van der Waals surface area contributed by atoms with Gasteiger partial charge in [0.05, 0.1) is 11.9 Å². The molecule has 5 nitrogen and oxygen atoms in total. The molecule has 0 spiro atoms. The minimum Gasteiger partial charge on any atom is -0.328 e. The number of sulfonamides is 1. The highest BCUT2D eigenvalue weighted by molar-refractivity contribution is 7.88. The van der Waals surface area contributed by atoms with Crippen LogP contribution in [-0.2, 0) is 10.0 Å². The zero-order valence-corrected chi connectivity index (χ0v) is 10.4. The molecule has 1 heterocycles. The van der Waals surface area contributed by atoms with Crippen LogP contribution in [0, 0.1) is 0 Å². The van der Waals surface area contributed by atoms with Gasteiger partial charge in [-0.25, -0.2) is 17.7 Å². The predicted molar refractivity (Wildman–Crippen MR) is 64.9 cm³/mol. The number of benzene rings is 1. The molecule has 1 aromatic heterocycles. The SMILES string of the molecule is CN(C)S(=O)(=O)c1ncc(-c2ccccc2)[nH]1. The summed E-state index contributed by atoms with van der Waals surface area (Å²) in [6, 6.07) is 9.45. The molecule has 1 N–H and O–H groups in total. The largest absolute Gasteiger partial charge is 0.328 e. The molecule has 0 saturated heterocycles. The minimum absolute atomic E-state index is 0.0404. The van der Waals surface area contributed by atoms with Crippen molar-refractivity contribution in [3.63, 3.8) is 0 Å². The number of hydrogen-bond acceptors (Lipinski definition) is 3. The van der Waals surface area contributed by atoms with E-state index >= 15 is 0 Å². The highest BCUT2D eigenvalue weighted by Gasteiger charge is 2.21. The lowest BCUT2D eigenvalue weighted by molar-refractivity contribution is 0.513. The Kier molecular flexibility index (Phi) is 2.99. The van der Waals surface area contributed by atoms with Crippen LogP contribution in [0.1, 0.15) is 0 Å². The van der Waals surface area contributed by atoms with Gasteiger partial charge in [0.2, 0.25) is 5.16 Å². The third-order valence-corrected chi connectivity index (χ3v) is 4.02. The minimum atomic E-state index is -3.50. The number of aromatic nitrogens is 2. The Morgan fingerprint density at radius 2 is 1.82 bits per heavy atom. The number of aromatic amines is 1. The molecule has 17 heavy (non-hydrogen) atoms. The molecule has 0 unspecified atom stereocenters. The Morgan fingerprint density at radius 1 is 1.18 bits per heavy atom. The van der Waals surface area contributed by atoms with E-state index in [1.807, 2.05) is 30.3 Å². The molecule has 0 radical (unpaired) electrons. The van der Waals surface area contributed by atoms with E-state index in [-0.39, 0.29) is 5.16 Å². The summed E-state index contributed by atoms with van der Waals surface area (Å²) in [5, 5.41) is -0.0404. The second kappa shape index (κ2) is 4.31. The Hall–Kier alpha value is -1.66. The standard InChI is InChI=1S/C11H13N3O2S/c1-14(2)17(15,16)11-12-8-10(13-11)9-6-4-3-5-7-9/h3-8H,1-2H3,(H,12,13). The van der Waals surface area contributed by atoms with Crippen LogP contribution in [0.5, 0.6) is 0 Å². The molecule has 2 rings (SSSR count). The van der Waals surface area contributed by atoms with Crippen molar-refractivity contribution in [2.75, 3.05) is 14.1 Å². The van der Waals surface area contributed by atoms with Crippen molar-refractivity contribution in [1.82, 2.24) is 14.3 Å². The normalized spacial score (nSPS) is 11.9. The van der Waals surface area contributed by atoms with Gasteiger partial charge in [-0.3, -0.25) is 0 Å². The van der Waals surface area contributed by atoms with Gasteiger partial charge < -0.3 is 4.98 Å². The monoisotopic (exact) mass is 251 g/mol. The van der Waals surface area contributed by atoms with Crippen LogP contribution in [0.4, 0.5) is 0 Å². The molecule has 0 aliphatic rings. The van der Waals surface area contributed by atoms with Crippen molar-refractivity contribution in [2.45, 2.75) is 5.16 Å². The number of hydrogen-bond donors (Lipinski definition) is 1. The number of nitrogens with zero attached hydrogens (tertiary/aromatic N) is 2. The fourth-order valence-corrected chi connectivity index (χ4v) is 2.14. The lowest BCUT2D eigenvalue weighted by Gasteiger charge is -2.07. The fourth-order valence-electron chi connectivity index (χ4n) is 1.37. The average molecular weight is 251 g/mol. The lowest BCUT2D eigenvalue weighted by atomic mass is 10.2. The highest BCUT2D eigenvalue weighted by Crippen LogP contribution is 2.18. The van der Waals surface area contributed by atoms with Crippen LogP contribution >= 0.6 is 0 Å². The summed E-state index contributed by atoms with van der Waals surface area (Å²) in [5.41, 5.74) is 1.59. The van der Waals surface area contributed by atoms with E-state index < -0.39 is 10.0 Å².